The van der Waals surface area contributed by atoms with E-state index in [4.69, 9.17) is 0 Å². The summed E-state index contributed by atoms with van der Waals surface area (Å²) < 4.78 is 8.22. The largest absolute Gasteiger partial charge is 0.309 e. The number of nitrogens with zero attached hydrogens (tertiary/aromatic N) is 3. The van der Waals surface area contributed by atoms with Gasteiger partial charge in [-0.15, -0.1) is 0 Å². The lowest BCUT2D eigenvalue weighted by Gasteiger charge is -2.33. The maximum Gasteiger partial charge on any atom is 0.249 e. The molecule has 0 bridgehead atoms. The standard InChI is InChI=1S/C60H30B3N3S3/c1-7-19-40-34(13-1)61-37-16-4-10-22-43(37)67-46-28-25-31-49-50-32-26-29-47-53-56(32)65(41-20-8-2-14-35(41)62(53)38-17-5-11-23-44(38)68-47)59(50)60-51(58(49)64(40)55(31)52(46)61)33-27-30-48-54-57(33)66(60)42-21-9-3-15-36(42)63(54)39-18-6-12-24-45(39)69-48/h1-30H. The van der Waals surface area contributed by atoms with Crippen LogP contribution in [0.1, 0.15) is 0 Å². The van der Waals surface area contributed by atoms with Crippen molar-refractivity contribution in [2.24, 2.45) is 0 Å². The molecule has 0 atom stereocenters. The molecule has 0 saturated heterocycles. The summed E-state index contributed by atoms with van der Waals surface area (Å²) in [7, 11) is 0. The van der Waals surface area contributed by atoms with Gasteiger partial charge in [0.2, 0.25) is 20.1 Å². The van der Waals surface area contributed by atoms with Crippen LogP contribution in [0.15, 0.2) is 211 Å². The van der Waals surface area contributed by atoms with Crippen molar-refractivity contribution in [3.63, 3.8) is 0 Å². The number of aromatic nitrogens is 3. The van der Waals surface area contributed by atoms with Gasteiger partial charge in [-0.3, -0.25) is 0 Å². The molecule has 6 aliphatic rings. The van der Waals surface area contributed by atoms with Crippen LogP contribution in [0.5, 0.6) is 0 Å². The Labute approximate surface area is 409 Å². The van der Waals surface area contributed by atoms with Gasteiger partial charge in [0.05, 0.1) is 33.1 Å². The molecule has 312 valence electrons. The maximum atomic E-state index is 2.74. The molecule has 6 aliphatic heterocycles. The number of fused-ring (bicyclic) bond motifs is 27. The molecule has 0 N–H and O–H groups in total. The van der Waals surface area contributed by atoms with Crippen LogP contribution in [-0.2, 0) is 0 Å². The minimum Gasteiger partial charge on any atom is -0.309 e. The molecular formula is C60H30B3N3S3. The first kappa shape index (κ1) is 35.9. The topological polar surface area (TPSA) is 14.8 Å². The van der Waals surface area contributed by atoms with Crippen LogP contribution in [0.4, 0.5) is 0 Å². The van der Waals surface area contributed by atoms with Crippen LogP contribution in [0.25, 0.3) is 82.5 Å². The Balaban J connectivity index is 1.12. The summed E-state index contributed by atoms with van der Waals surface area (Å²) in [5, 5.41) is 8.05. The molecule has 19 rings (SSSR count). The Morgan fingerprint density at radius 2 is 0.551 bits per heavy atom. The molecule has 9 heteroatoms. The zero-order valence-corrected chi connectivity index (χ0v) is 39.1. The second-order valence-electron chi connectivity index (χ2n) is 19.7. The molecule has 3 aromatic heterocycles. The highest BCUT2D eigenvalue weighted by atomic mass is 32.2. The van der Waals surface area contributed by atoms with Crippen molar-refractivity contribution in [2.75, 3.05) is 0 Å². The first-order chi connectivity index (χ1) is 34.3. The molecule has 9 heterocycles. The molecular weight excluding hydrogens is 891 g/mol. The lowest BCUT2D eigenvalue weighted by atomic mass is 9.35. The van der Waals surface area contributed by atoms with Gasteiger partial charge in [-0.25, -0.2) is 0 Å². The fraction of sp³-hybridized carbons (Fsp3) is 0. The molecule has 0 unspecified atom stereocenters. The number of rotatable bonds is 0. The smallest absolute Gasteiger partial charge is 0.249 e. The normalized spacial score (nSPS) is 14.7. The van der Waals surface area contributed by atoms with Gasteiger partial charge in [0.25, 0.3) is 0 Å². The lowest BCUT2D eigenvalue weighted by Crippen LogP contribution is -2.58. The third-order valence-electron chi connectivity index (χ3n) is 16.8. The third kappa shape index (κ3) is 3.99. The Hall–Kier alpha value is -7.16. The van der Waals surface area contributed by atoms with E-state index in [2.05, 4.69) is 196 Å². The Bertz CT molecular complexity index is 4700. The van der Waals surface area contributed by atoms with Crippen molar-refractivity contribution < 1.29 is 0 Å². The summed E-state index contributed by atoms with van der Waals surface area (Å²) in [5.41, 5.74) is 24.5. The van der Waals surface area contributed by atoms with Gasteiger partial charge in [0.1, 0.15) is 0 Å². The second kappa shape index (κ2) is 12.2. The van der Waals surface area contributed by atoms with Gasteiger partial charge in [0.15, 0.2) is 0 Å². The Morgan fingerprint density at radius 1 is 0.246 bits per heavy atom. The molecule has 69 heavy (non-hydrogen) atoms. The molecule has 13 aromatic rings. The summed E-state index contributed by atoms with van der Waals surface area (Å²) in [6.45, 7) is 0.405. The number of para-hydroxylation sites is 3. The molecule has 0 radical (unpaired) electrons. The zero-order chi connectivity index (χ0) is 44.1. The Kier molecular flexibility index (Phi) is 6.33. The average molecular weight is 922 g/mol. The summed E-state index contributed by atoms with van der Waals surface area (Å²) in [4.78, 5) is 8.15. The zero-order valence-electron chi connectivity index (χ0n) is 36.6. The van der Waals surface area contributed by atoms with Crippen LogP contribution in [-0.4, -0.2) is 33.8 Å². The van der Waals surface area contributed by atoms with E-state index in [-0.39, 0.29) is 20.1 Å². The van der Waals surface area contributed by atoms with E-state index >= 15 is 0 Å². The van der Waals surface area contributed by atoms with Crippen LogP contribution in [0.2, 0.25) is 0 Å². The van der Waals surface area contributed by atoms with Crippen LogP contribution in [0.3, 0.4) is 0 Å². The highest BCUT2D eigenvalue weighted by molar-refractivity contribution is 8.00. The molecule has 0 saturated carbocycles. The van der Waals surface area contributed by atoms with Crippen molar-refractivity contribution in [1.29, 1.82) is 0 Å². The molecule has 10 aromatic carbocycles. The van der Waals surface area contributed by atoms with Gasteiger partial charge < -0.3 is 13.7 Å². The van der Waals surface area contributed by atoms with E-state index in [1.807, 2.05) is 35.3 Å². The Morgan fingerprint density at radius 3 is 0.957 bits per heavy atom. The fourth-order valence-electron chi connectivity index (χ4n) is 14.4. The van der Waals surface area contributed by atoms with E-state index in [0.717, 1.165) is 0 Å². The number of benzene rings is 10. The average Bonchev–Trinajstić information content (AvgIpc) is 4.06. The van der Waals surface area contributed by atoms with Crippen molar-refractivity contribution in [3.8, 4) is 17.1 Å². The van der Waals surface area contributed by atoms with Gasteiger partial charge in [0, 0.05) is 78.8 Å². The predicted octanol–water partition coefficient (Wildman–Crippen LogP) is 8.86. The molecule has 0 spiro atoms. The van der Waals surface area contributed by atoms with Crippen molar-refractivity contribution in [1.82, 2.24) is 13.7 Å². The highest BCUT2D eigenvalue weighted by Crippen LogP contribution is 2.53. The predicted molar refractivity (Wildman–Crippen MR) is 295 cm³/mol. The maximum absolute atomic E-state index is 2.74. The molecule has 0 aliphatic carbocycles. The second-order valence-corrected chi connectivity index (χ2v) is 22.9. The van der Waals surface area contributed by atoms with Gasteiger partial charge in [-0.05, 0) is 87.4 Å². The van der Waals surface area contributed by atoms with Crippen LogP contribution < -0.4 is 49.2 Å². The molecule has 0 fully saturated rings. The third-order valence-corrected chi connectivity index (χ3v) is 20.3. The van der Waals surface area contributed by atoms with E-state index in [9.17, 15) is 0 Å². The first-order valence-corrected chi connectivity index (χ1v) is 26.5. The molecule has 3 nitrogen and oxygen atoms in total. The van der Waals surface area contributed by atoms with Crippen molar-refractivity contribution >= 4 is 170 Å². The summed E-state index contributed by atoms with van der Waals surface area (Å²) in [6.07, 6.45) is 0. The first-order valence-electron chi connectivity index (χ1n) is 24.0. The molecule has 0 amide bonds. The van der Waals surface area contributed by atoms with Gasteiger partial charge in [-0.1, -0.05) is 179 Å². The summed E-state index contributed by atoms with van der Waals surface area (Å²) in [5.74, 6) is 0. The van der Waals surface area contributed by atoms with Crippen molar-refractivity contribution in [2.45, 2.75) is 29.4 Å². The highest BCUT2D eigenvalue weighted by Gasteiger charge is 2.45. The quantitative estimate of drug-likeness (QED) is 0.142. The SMILES string of the molecule is c1ccc2c(c1)Sc1ccc3c4c5c6ccc7c8c6n(c5c5c(c6ccc9c%10c6n5-c5ccccc5B%10c5ccccc5S9)c4n4c3c1B2c1ccccc1-4)-c1ccccc1B8c1ccccc1S7. The van der Waals surface area contributed by atoms with Crippen molar-refractivity contribution in [3.05, 3.63) is 182 Å². The summed E-state index contributed by atoms with van der Waals surface area (Å²) in [6, 6.07) is 70.3. The van der Waals surface area contributed by atoms with E-state index in [0.29, 0.717) is 0 Å². The van der Waals surface area contributed by atoms with Gasteiger partial charge >= 0.3 is 0 Å². The van der Waals surface area contributed by atoms with Crippen LogP contribution >= 0.6 is 35.3 Å². The minimum atomic E-state index is 0.130. The van der Waals surface area contributed by atoms with Gasteiger partial charge in [-0.2, -0.15) is 0 Å². The lowest BCUT2D eigenvalue weighted by molar-refractivity contribution is 1.15. The number of hydrogen-bond donors (Lipinski definition) is 0. The van der Waals surface area contributed by atoms with E-state index < -0.39 is 0 Å². The number of hydrogen-bond acceptors (Lipinski definition) is 3. The van der Waals surface area contributed by atoms with Crippen LogP contribution in [0, 0.1) is 0 Å². The fourth-order valence-corrected chi connectivity index (χ4v) is 17.9. The minimum absolute atomic E-state index is 0.130. The van der Waals surface area contributed by atoms with E-state index in [1.54, 1.807) is 0 Å². The van der Waals surface area contributed by atoms with E-state index in [1.165, 1.54) is 161 Å². The monoisotopic (exact) mass is 921 g/mol. The summed E-state index contributed by atoms with van der Waals surface area (Å²) >= 11 is 5.83.